The molecule has 2 aromatic carbocycles. The number of Topliss-reactive ketones (excluding diaryl/α,β-unsaturated/α-hetero) is 1. The van der Waals surface area contributed by atoms with Crippen molar-refractivity contribution >= 4 is 29.0 Å². The van der Waals surface area contributed by atoms with Crippen molar-refractivity contribution in [2.75, 3.05) is 13.2 Å². The molecule has 0 radical (unpaired) electrons. The van der Waals surface area contributed by atoms with Crippen molar-refractivity contribution < 1.29 is 9.53 Å². The second-order valence-electron chi connectivity index (χ2n) is 9.23. The Balaban J connectivity index is 1.91. The number of benzene rings is 2. The Kier molecular flexibility index (Phi) is 6.61. The predicted octanol–water partition coefficient (Wildman–Crippen LogP) is 5.70. The van der Waals surface area contributed by atoms with E-state index in [1.54, 1.807) is 0 Å². The van der Waals surface area contributed by atoms with E-state index in [9.17, 15) is 4.79 Å². The highest BCUT2D eigenvalue weighted by molar-refractivity contribution is 6.31. The molecule has 6 heteroatoms. The van der Waals surface area contributed by atoms with Crippen molar-refractivity contribution in [2.45, 2.75) is 57.5 Å². The number of carbonyl (C=O) groups excluding carboxylic acids is 1. The lowest BCUT2D eigenvalue weighted by Gasteiger charge is -2.60. The number of carbonyl (C=O) groups is 1. The Morgan fingerprint density at radius 3 is 2.50 bits per heavy atom. The molecule has 0 bridgehead atoms. The lowest BCUT2D eigenvalue weighted by molar-refractivity contribution is -0.145. The second-order valence-corrected chi connectivity index (χ2v) is 10.1. The number of halogens is 2. The summed E-state index contributed by atoms with van der Waals surface area (Å²) in [6.45, 7) is 7.21. The number of fused-ring (bicyclic) bond motifs is 1. The lowest BCUT2D eigenvalue weighted by atomic mass is 9.47. The standard InChI is InChI=1S/C26H32Cl2N2O2/c1-4-25-13-12-21(20-11-10-19(32-5-2)14-22(20)28)26(29,17-6-8-18(27)9-7-17)24(25)16(3)30-15-23(25)31/h6-11,14,16,21,24,30H,4-5,12-13,15,29H2,1-3H3. The van der Waals surface area contributed by atoms with Gasteiger partial charge in [0.2, 0.25) is 0 Å². The van der Waals surface area contributed by atoms with Crippen LogP contribution in [0.15, 0.2) is 42.5 Å². The summed E-state index contributed by atoms with van der Waals surface area (Å²) in [6.07, 6.45) is 2.37. The second kappa shape index (κ2) is 8.98. The molecule has 32 heavy (non-hydrogen) atoms. The predicted molar refractivity (Wildman–Crippen MR) is 131 cm³/mol. The largest absolute Gasteiger partial charge is 0.494 e. The smallest absolute Gasteiger partial charge is 0.153 e. The maximum Gasteiger partial charge on any atom is 0.153 e. The summed E-state index contributed by atoms with van der Waals surface area (Å²) in [6, 6.07) is 13.7. The minimum atomic E-state index is -0.794. The molecule has 1 saturated carbocycles. The molecule has 3 N–H and O–H groups in total. The van der Waals surface area contributed by atoms with Crippen LogP contribution < -0.4 is 15.8 Å². The van der Waals surface area contributed by atoms with E-state index in [0.717, 1.165) is 36.1 Å². The number of nitrogens with one attached hydrogen (secondary N) is 1. The van der Waals surface area contributed by atoms with Crippen LogP contribution in [0.25, 0.3) is 0 Å². The average Bonchev–Trinajstić information content (AvgIpc) is 2.77. The molecule has 1 heterocycles. The third-order valence-electron chi connectivity index (χ3n) is 7.84. The zero-order valence-electron chi connectivity index (χ0n) is 19.0. The molecule has 4 nitrogen and oxygen atoms in total. The maximum absolute atomic E-state index is 13.3. The SMILES string of the molecule is CCOc1ccc(C2CCC3(CC)C(=O)CNC(C)C3C2(N)c2ccc(Cl)cc2)c(Cl)c1. The average molecular weight is 475 g/mol. The summed E-state index contributed by atoms with van der Waals surface area (Å²) in [7, 11) is 0. The van der Waals surface area contributed by atoms with E-state index in [2.05, 4.69) is 19.2 Å². The van der Waals surface area contributed by atoms with Gasteiger partial charge in [0.05, 0.1) is 18.7 Å². The number of rotatable bonds is 5. The molecule has 0 aromatic heterocycles. The Morgan fingerprint density at radius 2 is 1.88 bits per heavy atom. The monoisotopic (exact) mass is 474 g/mol. The highest BCUT2D eigenvalue weighted by Gasteiger charge is 2.62. The highest BCUT2D eigenvalue weighted by atomic mass is 35.5. The Hall–Kier alpha value is -1.59. The van der Waals surface area contributed by atoms with Crippen molar-refractivity contribution in [3.63, 3.8) is 0 Å². The first-order valence-corrected chi connectivity index (χ1v) is 12.3. The molecule has 1 saturated heterocycles. The molecule has 2 aliphatic rings. The summed E-state index contributed by atoms with van der Waals surface area (Å²) in [5, 5.41) is 4.74. The van der Waals surface area contributed by atoms with Crippen LogP contribution in [0, 0.1) is 11.3 Å². The Morgan fingerprint density at radius 1 is 1.16 bits per heavy atom. The number of nitrogens with two attached hydrogens (primary N) is 1. The summed E-state index contributed by atoms with van der Waals surface area (Å²) < 4.78 is 5.64. The van der Waals surface area contributed by atoms with E-state index in [1.807, 2.05) is 49.4 Å². The topological polar surface area (TPSA) is 64.3 Å². The number of hydrogen-bond acceptors (Lipinski definition) is 4. The molecule has 2 aromatic rings. The van der Waals surface area contributed by atoms with Gasteiger partial charge in [0.1, 0.15) is 5.75 Å². The van der Waals surface area contributed by atoms with Crippen LogP contribution in [0.5, 0.6) is 5.75 Å². The van der Waals surface area contributed by atoms with Gasteiger partial charge in [0.15, 0.2) is 5.78 Å². The first-order chi connectivity index (χ1) is 15.3. The molecule has 172 valence electrons. The number of piperidine rings is 1. The molecule has 2 fully saturated rings. The van der Waals surface area contributed by atoms with Gasteiger partial charge in [0.25, 0.3) is 0 Å². The van der Waals surface area contributed by atoms with Crippen molar-refractivity contribution in [1.29, 1.82) is 0 Å². The summed E-state index contributed by atoms with van der Waals surface area (Å²) in [5.41, 5.74) is 8.26. The fourth-order valence-corrected chi connectivity index (χ4v) is 6.82. The molecule has 5 atom stereocenters. The summed E-state index contributed by atoms with van der Waals surface area (Å²) >= 11 is 13.0. The fourth-order valence-electron chi connectivity index (χ4n) is 6.40. The van der Waals surface area contributed by atoms with Crippen molar-refractivity contribution in [3.05, 3.63) is 63.6 Å². The first kappa shape index (κ1) is 23.6. The molecule has 1 aliphatic heterocycles. The van der Waals surface area contributed by atoms with Gasteiger partial charge >= 0.3 is 0 Å². The van der Waals surface area contributed by atoms with Crippen LogP contribution >= 0.6 is 23.2 Å². The van der Waals surface area contributed by atoms with Crippen LogP contribution in [-0.2, 0) is 10.3 Å². The number of ketones is 1. The Labute approximate surface area is 200 Å². The van der Waals surface area contributed by atoms with Gasteiger partial charge in [-0.15, -0.1) is 0 Å². The molecule has 0 spiro atoms. The molecule has 1 aliphatic carbocycles. The summed E-state index contributed by atoms with van der Waals surface area (Å²) in [5.74, 6) is 0.885. The van der Waals surface area contributed by atoms with Gasteiger partial charge in [0, 0.05) is 33.3 Å². The van der Waals surface area contributed by atoms with Crippen LogP contribution in [0.1, 0.15) is 57.1 Å². The fraction of sp³-hybridized carbons (Fsp3) is 0.500. The zero-order chi connectivity index (χ0) is 23.1. The van der Waals surface area contributed by atoms with Gasteiger partial charge < -0.3 is 15.8 Å². The zero-order valence-corrected chi connectivity index (χ0v) is 20.5. The first-order valence-electron chi connectivity index (χ1n) is 11.5. The number of hydrogen-bond donors (Lipinski definition) is 2. The minimum Gasteiger partial charge on any atom is -0.494 e. The van der Waals surface area contributed by atoms with Crippen LogP contribution in [0.4, 0.5) is 0 Å². The van der Waals surface area contributed by atoms with Crippen LogP contribution in [0.2, 0.25) is 10.0 Å². The normalized spacial score (nSPS) is 32.4. The van der Waals surface area contributed by atoms with E-state index in [-0.39, 0.29) is 23.7 Å². The van der Waals surface area contributed by atoms with E-state index in [4.69, 9.17) is 33.7 Å². The maximum atomic E-state index is 13.3. The van der Waals surface area contributed by atoms with Gasteiger partial charge in [-0.3, -0.25) is 4.79 Å². The number of ether oxygens (including phenoxy) is 1. The van der Waals surface area contributed by atoms with E-state index in [1.165, 1.54) is 0 Å². The third-order valence-corrected chi connectivity index (χ3v) is 8.42. The van der Waals surface area contributed by atoms with E-state index >= 15 is 0 Å². The third kappa shape index (κ3) is 3.66. The van der Waals surface area contributed by atoms with E-state index < -0.39 is 11.0 Å². The van der Waals surface area contributed by atoms with Gasteiger partial charge in [-0.25, -0.2) is 0 Å². The minimum absolute atomic E-state index is 0.0494. The van der Waals surface area contributed by atoms with Crippen molar-refractivity contribution in [2.24, 2.45) is 17.1 Å². The quantitative estimate of drug-likeness (QED) is 0.583. The Bertz CT molecular complexity index is 996. The molecule has 0 amide bonds. The van der Waals surface area contributed by atoms with Crippen LogP contribution in [0.3, 0.4) is 0 Å². The van der Waals surface area contributed by atoms with Gasteiger partial charge in [-0.1, -0.05) is 48.3 Å². The van der Waals surface area contributed by atoms with Crippen molar-refractivity contribution in [1.82, 2.24) is 5.32 Å². The molecule has 5 unspecified atom stereocenters. The van der Waals surface area contributed by atoms with Gasteiger partial charge in [-0.05, 0) is 68.5 Å². The van der Waals surface area contributed by atoms with E-state index in [0.29, 0.717) is 23.2 Å². The molecular formula is C26H32Cl2N2O2. The molecule has 4 rings (SSSR count). The van der Waals surface area contributed by atoms with Crippen LogP contribution in [-0.4, -0.2) is 25.0 Å². The van der Waals surface area contributed by atoms with Crippen molar-refractivity contribution in [3.8, 4) is 5.75 Å². The van der Waals surface area contributed by atoms with Gasteiger partial charge in [-0.2, -0.15) is 0 Å². The lowest BCUT2D eigenvalue weighted by Crippen LogP contribution is -2.69. The molecular weight excluding hydrogens is 443 g/mol. The summed E-state index contributed by atoms with van der Waals surface area (Å²) in [4.78, 5) is 13.3. The highest BCUT2D eigenvalue weighted by Crippen LogP contribution is 2.60.